The van der Waals surface area contributed by atoms with Gasteiger partial charge in [-0.3, -0.25) is 14.5 Å². The Morgan fingerprint density at radius 2 is 2.00 bits per heavy atom. The van der Waals surface area contributed by atoms with Crippen LogP contribution in [-0.4, -0.2) is 66.1 Å². The van der Waals surface area contributed by atoms with Crippen molar-refractivity contribution in [2.45, 2.75) is 52.1 Å². The molecule has 1 aromatic heterocycles. The van der Waals surface area contributed by atoms with Crippen LogP contribution in [0.5, 0.6) is 0 Å². The highest BCUT2D eigenvalue weighted by molar-refractivity contribution is 6.09. The van der Waals surface area contributed by atoms with Crippen LogP contribution in [0.2, 0.25) is 0 Å². The van der Waals surface area contributed by atoms with Crippen LogP contribution in [0.25, 0.3) is 0 Å². The highest BCUT2D eigenvalue weighted by Gasteiger charge is 2.56. The van der Waals surface area contributed by atoms with Crippen molar-refractivity contribution >= 4 is 23.7 Å². The van der Waals surface area contributed by atoms with Gasteiger partial charge in [-0.25, -0.2) is 9.78 Å². The van der Waals surface area contributed by atoms with E-state index < -0.39 is 11.6 Å². The second-order valence-corrected chi connectivity index (χ2v) is 10.2. The molecule has 2 saturated heterocycles. The van der Waals surface area contributed by atoms with Gasteiger partial charge in [0.1, 0.15) is 17.9 Å². The van der Waals surface area contributed by atoms with Crippen molar-refractivity contribution in [3.05, 3.63) is 23.9 Å². The van der Waals surface area contributed by atoms with E-state index >= 15 is 0 Å². The van der Waals surface area contributed by atoms with E-state index in [-0.39, 0.29) is 30.3 Å². The van der Waals surface area contributed by atoms with Gasteiger partial charge in [-0.1, -0.05) is 26.8 Å². The van der Waals surface area contributed by atoms with E-state index in [0.29, 0.717) is 32.0 Å². The van der Waals surface area contributed by atoms with Crippen LogP contribution in [0.4, 0.5) is 10.6 Å². The van der Waals surface area contributed by atoms with E-state index in [1.807, 2.05) is 12.1 Å². The topological polar surface area (TPSA) is 104 Å². The number of anilines is 1. The minimum Gasteiger partial charge on any atom is -0.378 e. The number of nitrogens with one attached hydrogen (secondary N) is 2. The van der Waals surface area contributed by atoms with Gasteiger partial charge in [-0.05, 0) is 42.2 Å². The molecule has 4 amide bonds. The summed E-state index contributed by atoms with van der Waals surface area (Å²) in [6, 6.07) is 3.37. The number of urea groups is 1. The molecule has 9 heteroatoms. The van der Waals surface area contributed by atoms with Gasteiger partial charge >= 0.3 is 6.03 Å². The fourth-order valence-electron chi connectivity index (χ4n) is 5.55. The van der Waals surface area contributed by atoms with Gasteiger partial charge in [0.05, 0.1) is 13.2 Å². The molecule has 3 heterocycles. The summed E-state index contributed by atoms with van der Waals surface area (Å²) in [5.74, 6) is 0.557. The quantitative estimate of drug-likeness (QED) is 0.671. The minimum absolute atomic E-state index is 0.0424. The molecule has 3 fully saturated rings. The maximum Gasteiger partial charge on any atom is 0.325 e. The Morgan fingerprint density at radius 3 is 2.66 bits per heavy atom. The average molecular weight is 444 g/mol. The molecule has 2 N–H and O–H groups in total. The van der Waals surface area contributed by atoms with Crippen molar-refractivity contribution in [2.75, 3.05) is 37.7 Å². The van der Waals surface area contributed by atoms with Gasteiger partial charge in [0.2, 0.25) is 5.91 Å². The summed E-state index contributed by atoms with van der Waals surface area (Å²) in [7, 11) is 0. The summed E-state index contributed by atoms with van der Waals surface area (Å²) in [6.07, 6.45) is 3.95. The predicted molar refractivity (Wildman–Crippen MR) is 119 cm³/mol. The zero-order valence-electron chi connectivity index (χ0n) is 19.1. The molecule has 1 saturated carbocycles. The Hall–Kier alpha value is -2.68. The summed E-state index contributed by atoms with van der Waals surface area (Å²) in [5.41, 5.74) is -0.0799. The first kappa shape index (κ1) is 22.5. The zero-order valence-corrected chi connectivity index (χ0v) is 19.1. The summed E-state index contributed by atoms with van der Waals surface area (Å²) in [6.45, 7) is 9.37. The second-order valence-electron chi connectivity index (χ2n) is 10.2. The molecule has 0 aromatic carbocycles. The number of amides is 4. The number of imide groups is 1. The van der Waals surface area contributed by atoms with Gasteiger partial charge < -0.3 is 20.3 Å². The van der Waals surface area contributed by atoms with Crippen molar-refractivity contribution in [3.63, 3.8) is 0 Å². The van der Waals surface area contributed by atoms with Crippen LogP contribution in [0.1, 0.15) is 45.6 Å². The molecular formula is C23H33N5O4. The van der Waals surface area contributed by atoms with Crippen molar-refractivity contribution in [3.8, 4) is 0 Å². The number of hydrogen-bond donors (Lipinski definition) is 2. The van der Waals surface area contributed by atoms with Crippen LogP contribution < -0.4 is 15.5 Å². The summed E-state index contributed by atoms with van der Waals surface area (Å²) in [5, 5.41) is 5.70. The number of aromatic nitrogens is 1. The van der Waals surface area contributed by atoms with Crippen molar-refractivity contribution in [2.24, 2.45) is 11.3 Å². The SMILES string of the molecule is CC1CC(C)(C)CC2(C1)NC(=O)N(CC(=O)NCc1ccc(N3CCOCC3)nc1)C2=O. The van der Waals surface area contributed by atoms with E-state index in [4.69, 9.17) is 4.74 Å². The molecule has 0 bridgehead atoms. The minimum atomic E-state index is -0.891. The maximum absolute atomic E-state index is 13.2. The number of carbonyl (C=O) groups is 3. The fraction of sp³-hybridized carbons (Fsp3) is 0.652. The third-order valence-electron chi connectivity index (χ3n) is 6.56. The summed E-state index contributed by atoms with van der Waals surface area (Å²) in [4.78, 5) is 45.9. The lowest BCUT2D eigenvalue weighted by molar-refractivity contribution is -0.137. The molecule has 1 spiro atoms. The second kappa shape index (κ2) is 8.69. The number of pyridine rings is 1. The number of hydrogen-bond acceptors (Lipinski definition) is 6. The standard InChI is InChI=1S/C23H33N5O4/c1-16-10-22(2,3)15-23(11-16)20(30)28(21(31)26-23)14-19(29)25-13-17-4-5-18(24-12-17)27-6-8-32-9-7-27/h4-5,12,16H,6-11,13-15H2,1-3H3,(H,25,29)(H,26,31). The molecular weight excluding hydrogens is 410 g/mol. The molecule has 2 atom stereocenters. The Morgan fingerprint density at radius 1 is 1.25 bits per heavy atom. The normalized spacial score (nSPS) is 27.5. The Bertz CT molecular complexity index is 881. The predicted octanol–water partition coefficient (Wildman–Crippen LogP) is 1.67. The largest absolute Gasteiger partial charge is 0.378 e. The molecule has 1 aliphatic carbocycles. The maximum atomic E-state index is 13.2. The summed E-state index contributed by atoms with van der Waals surface area (Å²) >= 11 is 0. The van der Waals surface area contributed by atoms with E-state index in [9.17, 15) is 14.4 Å². The first-order valence-electron chi connectivity index (χ1n) is 11.4. The molecule has 32 heavy (non-hydrogen) atoms. The monoisotopic (exact) mass is 443 g/mol. The van der Waals surface area contributed by atoms with Gasteiger partial charge in [-0.15, -0.1) is 0 Å². The van der Waals surface area contributed by atoms with E-state index in [2.05, 4.69) is 41.3 Å². The summed E-state index contributed by atoms with van der Waals surface area (Å²) < 4.78 is 5.36. The first-order chi connectivity index (χ1) is 15.2. The molecule has 174 valence electrons. The number of rotatable bonds is 5. The van der Waals surface area contributed by atoms with Crippen molar-refractivity contribution in [1.82, 2.24) is 20.5 Å². The molecule has 2 unspecified atom stereocenters. The smallest absolute Gasteiger partial charge is 0.325 e. The molecule has 4 rings (SSSR count). The van der Waals surface area contributed by atoms with Crippen LogP contribution in [0.15, 0.2) is 18.3 Å². The molecule has 9 nitrogen and oxygen atoms in total. The average Bonchev–Trinajstić information content (AvgIpc) is 2.95. The van der Waals surface area contributed by atoms with E-state index in [1.165, 1.54) is 0 Å². The van der Waals surface area contributed by atoms with Crippen LogP contribution >= 0.6 is 0 Å². The number of carbonyl (C=O) groups excluding carboxylic acids is 3. The lowest BCUT2D eigenvalue weighted by Gasteiger charge is -2.43. The van der Waals surface area contributed by atoms with Crippen LogP contribution in [0.3, 0.4) is 0 Å². The van der Waals surface area contributed by atoms with E-state index in [1.54, 1.807) is 6.20 Å². The first-order valence-corrected chi connectivity index (χ1v) is 11.4. The number of ether oxygens (including phenoxy) is 1. The van der Waals surface area contributed by atoms with Gasteiger partial charge in [0.15, 0.2) is 0 Å². The van der Waals surface area contributed by atoms with E-state index in [0.717, 1.165) is 35.8 Å². The third-order valence-corrected chi connectivity index (χ3v) is 6.56. The number of morpholine rings is 1. The molecule has 0 radical (unpaired) electrons. The Kier molecular flexibility index (Phi) is 6.11. The van der Waals surface area contributed by atoms with Crippen molar-refractivity contribution < 1.29 is 19.1 Å². The van der Waals surface area contributed by atoms with Gasteiger partial charge in [0.25, 0.3) is 5.91 Å². The molecule has 3 aliphatic rings. The fourth-order valence-corrected chi connectivity index (χ4v) is 5.55. The zero-order chi connectivity index (χ0) is 22.9. The lowest BCUT2D eigenvalue weighted by Crippen LogP contribution is -2.54. The number of nitrogens with zero attached hydrogens (tertiary/aromatic N) is 3. The highest BCUT2D eigenvalue weighted by atomic mass is 16.5. The van der Waals surface area contributed by atoms with Gasteiger partial charge in [0, 0.05) is 25.8 Å². The molecule has 1 aromatic rings. The highest BCUT2D eigenvalue weighted by Crippen LogP contribution is 2.46. The van der Waals surface area contributed by atoms with Crippen LogP contribution in [-0.2, 0) is 20.9 Å². The third kappa shape index (κ3) is 4.72. The lowest BCUT2D eigenvalue weighted by atomic mass is 9.64. The van der Waals surface area contributed by atoms with Crippen molar-refractivity contribution in [1.29, 1.82) is 0 Å². The Balaban J connectivity index is 1.32. The van der Waals surface area contributed by atoms with Crippen LogP contribution in [0, 0.1) is 11.3 Å². The molecule has 2 aliphatic heterocycles. The van der Waals surface area contributed by atoms with Gasteiger partial charge in [-0.2, -0.15) is 0 Å². The Labute approximate surface area is 188 Å².